The Balaban J connectivity index is 2.11. The number of hydrogen-bond acceptors (Lipinski definition) is 4. The summed E-state index contributed by atoms with van der Waals surface area (Å²) in [5, 5.41) is 1.30. The highest BCUT2D eigenvalue weighted by molar-refractivity contribution is 7.99. The van der Waals surface area contributed by atoms with Crippen LogP contribution in [0.15, 0.2) is 52.3 Å². The van der Waals surface area contributed by atoms with Crippen molar-refractivity contribution >= 4 is 39.8 Å². The molecule has 0 saturated carbocycles. The van der Waals surface area contributed by atoms with Gasteiger partial charge in [-0.3, -0.25) is 0 Å². The molecule has 0 fully saturated rings. The molecule has 0 bridgehead atoms. The number of fused-ring (bicyclic) bond motifs is 5. The molecule has 0 spiro atoms. The Morgan fingerprint density at radius 3 is 2.70 bits per heavy atom. The van der Waals surface area contributed by atoms with Crippen LogP contribution in [-0.2, 0) is 0 Å². The fourth-order valence-corrected chi connectivity index (χ4v) is 4.53. The first-order valence-electron chi connectivity index (χ1n) is 6.06. The Morgan fingerprint density at radius 1 is 1.00 bits per heavy atom. The molecule has 0 saturated heterocycles. The Hall–Kier alpha value is -1.49. The van der Waals surface area contributed by atoms with Crippen molar-refractivity contribution in [2.24, 2.45) is 0 Å². The van der Waals surface area contributed by atoms with Crippen LogP contribution < -0.4 is 5.73 Å². The van der Waals surface area contributed by atoms with Gasteiger partial charge in [0.2, 0.25) is 0 Å². The lowest BCUT2D eigenvalue weighted by molar-refractivity contribution is 1.36. The van der Waals surface area contributed by atoms with Crippen molar-refractivity contribution in [3.63, 3.8) is 0 Å². The minimum absolute atomic E-state index is 0.586. The molecular weight excluding hydrogens is 308 g/mol. The average molecular weight is 317 g/mol. The van der Waals surface area contributed by atoms with Gasteiger partial charge in [0.05, 0.1) is 10.6 Å². The van der Waals surface area contributed by atoms with Crippen LogP contribution >= 0.6 is 34.7 Å². The molecule has 0 unspecified atom stereocenters. The number of halogens is 1. The van der Waals surface area contributed by atoms with Gasteiger partial charge in [0.15, 0.2) is 5.13 Å². The molecule has 3 aromatic rings. The SMILES string of the molecule is Nc1nc2c(s1)-c1ccccc1Sc1ccc(Cl)cc1-2. The number of nitrogen functional groups attached to an aromatic ring is 1. The lowest BCUT2D eigenvalue weighted by Crippen LogP contribution is -1.85. The van der Waals surface area contributed by atoms with Crippen LogP contribution in [0.25, 0.3) is 21.7 Å². The molecule has 2 aromatic carbocycles. The van der Waals surface area contributed by atoms with Crippen molar-refractivity contribution < 1.29 is 0 Å². The van der Waals surface area contributed by atoms with Gasteiger partial charge in [-0.1, -0.05) is 52.9 Å². The summed E-state index contributed by atoms with van der Waals surface area (Å²) in [6.45, 7) is 0. The molecule has 5 heteroatoms. The third-order valence-corrected chi connectivity index (χ3v) is 5.50. The molecule has 20 heavy (non-hydrogen) atoms. The zero-order valence-electron chi connectivity index (χ0n) is 10.3. The third kappa shape index (κ3) is 1.84. The van der Waals surface area contributed by atoms with E-state index in [1.165, 1.54) is 21.8 Å². The summed E-state index contributed by atoms with van der Waals surface area (Å²) in [5.74, 6) is 0. The number of rotatable bonds is 0. The molecule has 1 aliphatic heterocycles. The Labute approximate surface area is 129 Å². The van der Waals surface area contributed by atoms with E-state index in [1.54, 1.807) is 11.8 Å². The summed E-state index contributed by atoms with van der Waals surface area (Å²) in [6.07, 6.45) is 0. The third-order valence-electron chi connectivity index (χ3n) is 3.19. The number of nitrogens with zero attached hydrogens (tertiary/aromatic N) is 1. The van der Waals surface area contributed by atoms with Crippen molar-refractivity contribution in [3.8, 4) is 21.7 Å². The number of anilines is 1. The van der Waals surface area contributed by atoms with Gasteiger partial charge < -0.3 is 5.73 Å². The first-order valence-corrected chi connectivity index (χ1v) is 8.07. The lowest BCUT2D eigenvalue weighted by atomic mass is 10.1. The summed E-state index contributed by atoms with van der Waals surface area (Å²) in [5.41, 5.74) is 9.11. The smallest absolute Gasteiger partial charge is 0.181 e. The van der Waals surface area contributed by atoms with Gasteiger partial charge in [0.1, 0.15) is 0 Å². The molecule has 4 rings (SSSR count). The molecule has 0 aliphatic carbocycles. The van der Waals surface area contributed by atoms with Gasteiger partial charge in [0.25, 0.3) is 0 Å². The fourth-order valence-electron chi connectivity index (χ4n) is 2.34. The average Bonchev–Trinajstić information content (AvgIpc) is 2.78. The van der Waals surface area contributed by atoms with Crippen LogP contribution in [0.2, 0.25) is 5.02 Å². The maximum atomic E-state index is 6.15. The largest absolute Gasteiger partial charge is 0.375 e. The molecule has 0 atom stereocenters. The fraction of sp³-hybridized carbons (Fsp3) is 0. The van der Waals surface area contributed by atoms with Crippen LogP contribution in [0.5, 0.6) is 0 Å². The monoisotopic (exact) mass is 316 g/mol. The highest BCUT2D eigenvalue weighted by Gasteiger charge is 2.23. The number of aromatic nitrogens is 1. The summed E-state index contributed by atoms with van der Waals surface area (Å²) < 4.78 is 0. The van der Waals surface area contributed by atoms with Crippen molar-refractivity contribution in [2.75, 3.05) is 5.73 Å². The van der Waals surface area contributed by atoms with Crippen molar-refractivity contribution in [2.45, 2.75) is 9.79 Å². The van der Waals surface area contributed by atoms with Crippen LogP contribution in [-0.4, -0.2) is 4.98 Å². The maximum Gasteiger partial charge on any atom is 0.181 e. The van der Waals surface area contributed by atoms with Crippen LogP contribution in [0, 0.1) is 0 Å². The lowest BCUT2D eigenvalue weighted by Gasteiger charge is -2.05. The van der Waals surface area contributed by atoms with E-state index in [-0.39, 0.29) is 0 Å². The second kappa shape index (κ2) is 4.52. The molecule has 1 aliphatic rings. The summed E-state index contributed by atoms with van der Waals surface area (Å²) >= 11 is 9.42. The predicted octanol–water partition coefficient (Wildman–Crippen LogP) is 5.18. The number of benzene rings is 2. The first kappa shape index (κ1) is 12.3. The van der Waals surface area contributed by atoms with E-state index in [9.17, 15) is 0 Å². The summed E-state index contributed by atoms with van der Waals surface area (Å²) in [6, 6.07) is 14.3. The van der Waals surface area contributed by atoms with Crippen molar-refractivity contribution in [3.05, 3.63) is 47.5 Å². The zero-order chi connectivity index (χ0) is 13.7. The van der Waals surface area contributed by atoms with E-state index in [4.69, 9.17) is 17.3 Å². The topological polar surface area (TPSA) is 38.9 Å². The molecule has 0 radical (unpaired) electrons. The molecular formula is C15H9ClN2S2. The van der Waals surface area contributed by atoms with Gasteiger partial charge in [-0.25, -0.2) is 4.98 Å². The van der Waals surface area contributed by atoms with Crippen LogP contribution in [0.1, 0.15) is 0 Å². The van der Waals surface area contributed by atoms with E-state index in [2.05, 4.69) is 23.2 Å². The minimum Gasteiger partial charge on any atom is -0.375 e. The van der Waals surface area contributed by atoms with E-state index in [1.807, 2.05) is 24.3 Å². The molecule has 2 heterocycles. The van der Waals surface area contributed by atoms with E-state index < -0.39 is 0 Å². The van der Waals surface area contributed by atoms with E-state index >= 15 is 0 Å². The predicted molar refractivity (Wildman–Crippen MR) is 86.5 cm³/mol. The number of hydrogen-bond donors (Lipinski definition) is 1. The Morgan fingerprint density at radius 2 is 1.80 bits per heavy atom. The molecule has 98 valence electrons. The number of nitrogens with two attached hydrogens (primary N) is 1. The van der Waals surface area contributed by atoms with Crippen LogP contribution in [0.3, 0.4) is 0 Å². The Kier molecular flexibility index (Phi) is 2.77. The quantitative estimate of drug-likeness (QED) is 0.486. The molecule has 2 nitrogen and oxygen atoms in total. The zero-order valence-corrected chi connectivity index (χ0v) is 12.6. The number of thiazole rings is 1. The summed E-state index contributed by atoms with van der Waals surface area (Å²) in [7, 11) is 0. The van der Waals surface area contributed by atoms with Crippen molar-refractivity contribution in [1.82, 2.24) is 4.98 Å². The van der Waals surface area contributed by atoms with Crippen LogP contribution in [0.4, 0.5) is 5.13 Å². The summed E-state index contributed by atoms with van der Waals surface area (Å²) in [4.78, 5) is 8.01. The van der Waals surface area contributed by atoms with E-state index in [0.717, 1.165) is 21.0 Å². The Bertz CT molecular complexity index is 826. The van der Waals surface area contributed by atoms with Gasteiger partial charge >= 0.3 is 0 Å². The van der Waals surface area contributed by atoms with Gasteiger partial charge in [-0.2, -0.15) is 0 Å². The molecule has 2 N–H and O–H groups in total. The minimum atomic E-state index is 0.586. The molecule has 1 aromatic heterocycles. The van der Waals surface area contributed by atoms with Gasteiger partial charge in [0, 0.05) is 25.9 Å². The molecule has 0 amide bonds. The second-order valence-corrected chi connectivity index (χ2v) is 7.02. The second-order valence-electron chi connectivity index (χ2n) is 4.47. The normalized spacial score (nSPS) is 12.2. The highest BCUT2D eigenvalue weighted by atomic mass is 35.5. The van der Waals surface area contributed by atoms with Gasteiger partial charge in [-0.05, 0) is 24.3 Å². The standard InChI is InChI=1S/C15H9ClN2S2/c16-8-5-6-12-10(7-8)13-14(20-15(17)18-13)9-3-1-2-4-11(9)19-12/h1-7H,(H2,17,18). The van der Waals surface area contributed by atoms with Crippen molar-refractivity contribution in [1.29, 1.82) is 0 Å². The highest BCUT2D eigenvalue weighted by Crippen LogP contribution is 2.50. The maximum absolute atomic E-state index is 6.15. The first-order chi connectivity index (χ1) is 9.72. The van der Waals surface area contributed by atoms with Gasteiger partial charge in [-0.15, -0.1) is 0 Å². The van der Waals surface area contributed by atoms with E-state index in [0.29, 0.717) is 10.2 Å².